The van der Waals surface area contributed by atoms with Crippen LogP contribution in [0.4, 0.5) is 5.69 Å². The van der Waals surface area contributed by atoms with Crippen LogP contribution in [0.15, 0.2) is 48.5 Å². The highest BCUT2D eigenvalue weighted by Crippen LogP contribution is 2.37. The molecule has 34 heavy (non-hydrogen) atoms. The first-order valence-electron chi connectivity index (χ1n) is 11.8. The standard InChI is InChI=1S/C28H31NO5/c1-17-9-24(34-23-7-8-31-16-23)10-18(2)28(17)19-3-6-26(29)20(11-19)14-32-22-4-5-25-21(13-30)15-33-27(25)12-22/h3-6,9-12,21,23,30H,7-8,13-16,29H2,1-2H3/t21-,23?/m1/s1. The lowest BCUT2D eigenvalue weighted by Gasteiger charge is -2.17. The van der Waals surface area contributed by atoms with Crippen LogP contribution in [0.3, 0.4) is 0 Å². The number of nitrogen functional groups attached to an aromatic ring is 1. The van der Waals surface area contributed by atoms with Crippen LogP contribution in [0.5, 0.6) is 17.2 Å². The maximum Gasteiger partial charge on any atom is 0.126 e. The molecule has 6 heteroatoms. The molecule has 3 aromatic rings. The van der Waals surface area contributed by atoms with Crippen LogP contribution in [0.2, 0.25) is 0 Å². The Balaban J connectivity index is 1.34. The van der Waals surface area contributed by atoms with Gasteiger partial charge in [-0.25, -0.2) is 0 Å². The number of ether oxygens (including phenoxy) is 4. The van der Waals surface area contributed by atoms with Crippen molar-refractivity contribution in [3.05, 3.63) is 70.8 Å². The average Bonchev–Trinajstić information content (AvgIpc) is 3.48. The van der Waals surface area contributed by atoms with Crippen LogP contribution >= 0.6 is 0 Å². The van der Waals surface area contributed by atoms with Gasteiger partial charge in [0.1, 0.15) is 30.0 Å². The number of fused-ring (bicyclic) bond motifs is 1. The summed E-state index contributed by atoms with van der Waals surface area (Å²) in [5, 5.41) is 9.47. The third-order valence-corrected chi connectivity index (χ3v) is 6.61. The zero-order chi connectivity index (χ0) is 23.7. The predicted molar refractivity (Wildman–Crippen MR) is 132 cm³/mol. The fourth-order valence-electron chi connectivity index (χ4n) is 4.79. The van der Waals surface area contributed by atoms with Gasteiger partial charge in [-0.2, -0.15) is 0 Å². The van der Waals surface area contributed by atoms with E-state index in [1.807, 2.05) is 24.3 Å². The molecule has 178 valence electrons. The molecule has 2 atom stereocenters. The van der Waals surface area contributed by atoms with E-state index in [0.29, 0.717) is 31.3 Å². The van der Waals surface area contributed by atoms with Gasteiger partial charge in [0.05, 0.1) is 26.4 Å². The van der Waals surface area contributed by atoms with Gasteiger partial charge in [-0.15, -0.1) is 0 Å². The fraction of sp³-hybridized carbons (Fsp3) is 0.357. The van der Waals surface area contributed by atoms with Gasteiger partial charge < -0.3 is 29.8 Å². The molecular weight excluding hydrogens is 430 g/mol. The van der Waals surface area contributed by atoms with Crippen LogP contribution in [0.25, 0.3) is 11.1 Å². The Bertz CT molecular complexity index is 1160. The molecule has 0 aliphatic carbocycles. The van der Waals surface area contributed by atoms with Gasteiger partial charge in [0.2, 0.25) is 0 Å². The van der Waals surface area contributed by atoms with Crippen molar-refractivity contribution in [1.82, 2.24) is 0 Å². The first kappa shape index (κ1) is 22.6. The number of aryl methyl sites for hydroxylation is 2. The number of anilines is 1. The molecule has 3 N–H and O–H groups in total. The molecule has 0 spiro atoms. The van der Waals surface area contributed by atoms with Crippen LogP contribution in [-0.4, -0.2) is 37.6 Å². The Morgan fingerprint density at radius 3 is 2.56 bits per heavy atom. The summed E-state index contributed by atoms with van der Waals surface area (Å²) < 4.78 is 23.3. The second kappa shape index (κ2) is 9.57. The van der Waals surface area contributed by atoms with E-state index in [1.165, 1.54) is 5.56 Å². The fourth-order valence-corrected chi connectivity index (χ4v) is 4.79. The van der Waals surface area contributed by atoms with Crippen molar-refractivity contribution < 1.29 is 24.1 Å². The molecule has 0 bridgehead atoms. The van der Waals surface area contributed by atoms with Crippen molar-refractivity contribution >= 4 is 5.69 Å². The van der Waals surface area contributed by atoms with E-state index >= 15 is 0 Å². The van der Waals surface area contributed by atoms with E-state index in [-0.39, 0.29) is 18.6 Å². The minimum Gasteiger partial charge on any atom is -0.492 e. The molecule has 0 aromatic heterocycles. The highest BCUT2D eigenvalue weighted by molar-refractivity contribution is 5.74. The summed E-state index contributed by atoms with van der Waals surface area (Å²) in [6, 6.07) is 16.0. The highest BCUT2D eigenvalue weighted by atomic mass is 16.5. The molecule has 6 nitrogen and oxygen atoms in total. The third-order valence-electron chi connectivity index (χ3n) is 6.61. The zero-order valence-electron chi connectivity index (χ0n) is 19.7. The zero-order valence-corrected chi connectivity index (χ0v) is 19.7. The molecule has 1 fully saturated rings. The number of hydrogen-bond donors (Lipinski definition) is 2. The SMILES string of the molecule is Cc1cc(OC2CCOC2)cc(C)c1-c1ccc(N)c(COc2ccc3c(c2)OC[C@H]3CO)c1. The molecule has 2 aliphatic heterocycles. The van der Waals surface area contributed by atoms with Crippen molar-refractivity contribution in [1.29, 1.82) is 0 Å². The Morgan fingerprint density at radius 2 is 1.82 bits per heavy atom. The van der Waals surface area contributed by atoms with E-state index < -0.39 is 0 Å². The maximum absolute atomic E-state index is 9.47. The first-order valence-corrected chi connectivity index (χ1v) is 11.8. The molecule has 0 amide bonds. The van der Waals surface area contributed by atoms with E-state index in [0.717, 1.165) is 52.3 Å². The number of benzene rings is 3. The highest BCUT2D eigenvalue weighted by Gasteiger charge is 2.24. The van der Waals surface area contributed by atoms with Crippen molar-refractivity contribution in [3.63, 3.8) is 0 Å². The number of rotatable bonds is 7. The Hall–Kier alpha value is -3.22. The molecule has 5 rings (SSSR count). The maximum atomic E-state index is 9.47. The monoisotopic (exact) mass is 461 g/mol. The van der Waals surface area contributed by atoms with Crippen molar-refractivity contribution in [2.24, 2.45) is 0 Å². The number of aliphatic hydroxyl groups excluding tert-OH is 1. The van der Waals surface area contributed by atoms with Crippen molar-refractivity contribution in [2.45, 2.75) is 38.9 Å². The molecule has 1 unspecified atom stereocenters. The summed E-state index contributed by atoms with van der Waals surface area (Å²) in [6.45, 7) is 6.56. The number of aliphatic hydroxyl groups is 1. The molecule has 3 aromatic carbocycles. The van der Waals surface area contributed by atoms with Crippen molar-refractivity contribution in [3.8, 4) is 28.4 Å². The van der Waals surface area contributed by atoms with Gasteiger partial charge in [0.15, 0.2) is 0 Å². The largest absolute Gasteiger partial charge is 0.492 e. The van der Waals surface area contributed by atoms with Crippen LogP contribution in [0.1, 0.15) is 34.6 Å². The summed E-state index contributed by atoms with van der Waals surface area (Å²) >= 11 is 0. The van der Waals surface area contributed by atoms with Gasteiger partial charge >= 0.3 is 0 Å². The Kier molecular flexibility index (Phi) is 6.35. The molecule has 1 saturated heterocycles. The van der Waals surface area contributed by atoms with Crippen LogP contribution in [-0.2, 0) is 11.3 Å². The van der Waals surface area contributed by atoms with Gasteiger partial charge in [-0.1, -0.05) is 12.1 Å². The molecular formula is C28H31NO5. The molecule has 2 heterocycles. The third kappa shape index (κ3) is 4.56. The lowest BCUT2D eigenvalue weighted by atomic mass is 9.94. The van der Waals surface area contributed by atoms with E-state index in [9.17, 15) is 5.11 Å². The Morgan fingerprint density at radius 1 is 1.00 bits per heavy atom. The lowest BCUT2D eigenvalue weighted by molar-refractivity contribution is 0.141. The minimum absolute atomic E-state index is 0.0335. The van der Waals surface area contributed by atoms with Gasteiger partial charge in [0, 0.05) is 35.2 Å². The summed E-state index contributed by atoms with van der Waals surface area (Å²) in [6.07, 6.45) is 1.06. The van der Waals surface area contributed by atoms with Crippen LogP contribution < -0.4 is 19.9 Å². The minimum atomic E-state index is 0.0335. The van der Waals surface area contributed by atoms with Gasteiger partial charge in [0.25, 0.3) is 0 Å². The smallest absolute Gasteiger partial charge is 0.126 e. The second-order valence-corrected chi connectivity index (χ2v) is 9.13. The van der Waals surface area contributed by atoms with E-state index in [1.54, 1.807) is 0 Å². The number of nitrogens with two attached hydrogens (primary N) is 1. The normalized spacial score (nSPS) is 19.0. The van der Waals surface area contributed by atoms with Gasteiger partial charge in [-0.05, 0) is 66.4 Å². The summed E-state index contributed by atoms with van der Waals surface area (Å²) in [5.74, 6) is 2.41. The Labute approximate surface area is 200 Å². The van der Waals surface area contributed by atoms with Crippen molar-refractivity contribution in [2.75, 3.05) is 32.2 Å². The quantitative estimate of drug-likeness (QED) is 0.493. The van der Waals surface area contributed by atoms with Gasteiger partial charge in [-0.3, -0.25) is 0 Å². The summed E-state index contributed by atoms with van der Waals surface area (Å²) in [4.78, 5) is 0. The topological polar surface area (TPSA) is 83.2 Å². The predicted octanol–water partition coefficient (Wildman–Crippen LogP) is 4.77. The summed E-state index contributed by atoms with van der Waals surface area (Å²) in [5.41, 5.74) is 13.5. The molecule has 0 radical (unpaired) electrons. The molecule has 2 aliphatic rings. The first-order chi connectivity index (χ1) is 16.5. The van der Waals surface area contributed by atoms with E-state index in [2.05, 4.69) is 38.1 Å². The lowest BCUT2D eigenvalue weighted by Crippen LogP contribution is -2.15. The molecule has 0 saturated carbocycles. The summed E-state index contributed by atoms with van der Waals surface area (Å²) in [7, 11) is 0. The van der Waals surface area contributed by atoms with E-state index in [4.69, 9.17) is 24.7 Å². The number of hydrogen-bond acceptors (Lipinski definition) is 6. The second-order valence-electron chi connectivity index (χ2n) is 9.13. The average molecular weight is 462 g/mol. The van der Waals surface area contributed by atoms with Crippen LogP contribution in [0, 0.1) is 13.8 Å².